The third-order valence-electron chi connectivity index (χ3n) is 7.79. The van der Waals surface area contributed by atoms with Gasteiger partial charge in [0, 0.05) is 18.7 Å². The maximum atomic E-state index is 13.3. The lowest BCUT2D eigenvalue weighted by atomic mass is 9.93. The number of fused-ring (bicyclic) bond motifs is 2. The molecule has 0 bridgehead atoms. The van der Waals surface area contributed by atoms with E-state index in [0.717, 1.165) is 17.7 Å². The fourth-order valence-electron chi connectivity index (χ4n) is 5.55. The number of hydrogen-bond acceptors (Lipinski definition) is 6. The van der Waals surface area contributed by atoms with Crippen molar-refractivity contribution in [1.29, 1.82) is 5.26 Å². The molecule has 3 aliphatic rings. The number of nitrogens with zero attached hydrogens (tertiary/aromatic N) is 2. The van der Waals surface area contributed by atoms with E-state index in [0.29, 0.717) is 24.8 Å². The van der Waals surface area contributed by atoms with Crippen molar-refractivity contribution in [2.75, 3.05) is 19.0 Å². The van der Waals surface area contributed by atoms with Gasteiger partial charge in [0.25, 0.3) is 0 Å². The number of nitrogens with two attached hydrogens (primary N) is 1. The fraction of sp³-hybridized carbons (Fsp3) is 0.593. The van der Waals surface area contributed by atoms with Gasteiger partial charge in [-0.1, -0.05) is 45.9 Å². The molecule has 10 nitrogen and oxygen atoms in total. The molecular weight excluding hydrogens is 474 g/mol. The normalized spacial score (nSPS) is 25.0. The summed E-state index contributed by atoms with van der Waals surface area (Å²) in [6, 6.07) is 8.22. The Morgan fingerprint density at radius 2 is 1.95 bits per heavy atom. The van der Waals surface area contributed by atoms with Crippen LogP contribution in [0.3, 0.4) is 0 Å². The summed E-state index contributed by atoms with van der Waals surface area (Å²) in [7, 11) is 1.22. The van der Waals surface area contributed by atoms with Gasteiger partial charge in [-0.25, -0.2) is 4.79 Å². The highest BCUT2D eigenvalue weighted by atomic mass is 16.5. The van der Waals surface area contributed by atoms with Crippen LogP contribution in [0.4, 0.5) is 10.5 Å². The van der Waals surface area contributed by atoms with Crippen LogP contribution in [0.25, 0.3) is 0 Å². The molecule has 0 radical (unpaired) electrons. The Morgan fingerprint density at radius 3 is 2.54 bits per heavy atom. The zero-order valence-corrected chi connectivity index (χ0v) is 22.1. The molecule has 2 unspecified atom stereocenters. The van der Waals surface area contributed by atoms with Crippen LogP contribution < -0.4 is 16.4 Å². The van der Waals surface area contributed by atoms with Gasteiger partial charge >= 0.3 is 6.09 Å². The number of nitriles is 1. The van der Waals surface area contributed by atoms with Crippen LogP contribution in [-0.4, -0.2) is 54.5 Å². The maximum absolute atomic E-state index is 13.3. The number of primary amides is 1. The number of piperidine rings is 1. The van der Waals surface area contributed by atoms with E-state index in [9.17, 15) is 24.4 Å². The Kier molecular flexibility index (Phi) is 8.46. The smallest absolute Gasteiger partial charge is 0.404 e. The Labute approximate surface area is 217 Å². The van der Waals surface area contributed by atoms with Crippen LogP contribution in [0.15, 0.2) is 24.3 Å². The zero-order valence-electron chi connectivity index (χ0n) is 22.1. The number of methoxy groups -OCH3 is 1. The average molecular weight is 512 g/mol. The van der Waals surface area contributed by atoms with Gasteiger partial charge in [-0.2, -0.15) is 5.26 Å². The van der Waals surface area contributed by atoms with Crippen LogP contribution >= 0.6 is 0 Å². The SMILES string of the molecule is CC(C)CCC(=O)N1C[C@H]2C([C@H]1C(=O)N[C@H](C#N)CC1C(=O)Nc3ccccc31)C2(C)C.COC(N)=O. The average Bonchev–Trinajstić information content (AvgIpc) is 3.16. The second-order valence-corrected chi connectivity index (χ2v) is 11.0. The van der Waals surface area contributed by atoms with Crippen LogP contribution in [-0.2, 0) is 19.1 Å². The first-order valence-electron chi connectivity index (χ1n) is 12.6. The number of likely N-dealkylation sites (tertiary alicyclic amines) is 1. The molecule has 5 atom stereocenters. The van der Waals surface area contributed by atoms with Crippen molar-refractivity contribution >= 4 is 29.5 Å². The minimum Gasteiger partial charge on any atom is -0.453 e. The van der Waals surface area contributed by atoms with E-state index in [-0.39, 0.29) is 35.5 Å². The summed E-state index contributed by atoms with van der Waals surface area (Å²) in [5, 5.41) is 15.4. The van der Waals surface area contributed by atoms with Crippen molar-refractivity contribution in [2.24, 2.45) is 28.9 Å². The molecular formula is C27H37N5O5. The largest absolute Gasteiger partial charge is 0.453 e. The monoisotopic (exact) mass is 511 g/mol. The molecule has 0 aromatic heterocycles. The first-order chi connectivity index (χ1) is 17.4. The van der Waals surface area contributed by atoms with E-state index in [2.05, 4.69) is 54.9 Å². The first-order valence-corrected chi connectivity index (χ1v) is 12.6. The predicted molar refractivity (Wildman–Crippen MR) is 137 cm³/mol. The summed E-state index contributed by atoms with van der Waals surface area (Å²) in [5.74, 6) is -0.0550. The minimum absolute atomic E-state index is 0.0134. The van der Waals surface area contributed by atoms with E-state index in [4.69, 9.17) is 0 Å². The van der Waals surface area contributed by atoms with Crippen molar-refractivity contribution in [3.63, 3.8) is 0 Å². The molecule has 200 valence electrons. The van der Waals surface area contributed by atoms with Gasteiger partial charge in [-0.3, -0.25) is 14.4 Å². The number of carbonyl (C=O) groups is 4. The Hall–Kier alpha value is -3.61. The number of benzene rings is 1. The zero-order chi connectivity index (χ0) is 27.5. The van der Waals surface area contributed by atoms with Crippen LogP contribution in [0, 0.1) is 34.5 Å². The highest BCUT2D eigenvalue weighted by Crippen LogP contribution is 2.65. The lowest BCUT2D eigenvalue weighted by Gasteiger charge is -2.31. The quantitative estimate of drug-likeness (QED) is 0.511. The highest BCUT2D eigenvalue weighted by Gasteiger charge is 2.69. The van der Waals surface area contributed by atoms with Crippen molar-refractivity contribution in [1.82, 2.24) is 10.2 Å². The van der Waals surface area contributed by atoms with Crippen molar-refractivity contribution in [2.45, 2.75) is 65.0 Å². The van der Waals surface area contributed by atoms with Gasteiger partial charge in [-0.15, -0.1) is 0 Å². The molecule has 37 heavy (non-hydrogen) atoms. The molecule has 4 amide bonds. The Morgan fingerprint density at radius 1 is 1.30 bits per heavy atom. The standard InChI is InChI=1S/C25H32N4O3.C2H5NO2/c1-14(2)9-10-20(30)29-13-18-21(25(18,3)4)22(29)24(32)27-15(12-26)11-17-16-7-5-6-8-19(16)28-23(17)31;1-5-2(3)4/h5-8,14-15,17-18,21-22H,9-11,13H2,1-4H3,(H,27,32)(H,28,31);1H3,(H2,3,4)/t15-,17?,18-,21?,22-;/m0./s1. The molecule has 1 aliphatic carbocycles. The van der Waals surface area contributed by atoms with E-state index in [1.807, 2.05) is 24.3 Å². The molecule has 4 N–H and O–H groups in total. The van der Waals surface area contributed by atoms with E-state index in [1.54, 1.807) is 4.90 Å². The molecule has 2 heterocycles. The van der Waals surface area contributed by atoms with Crippen molar-refractivity contribution in [3.8, 4) is 6.07 Å². The summed E-state index contributed by atoms with van der Waals surface area (Å²) in [6.07, 6.45) is 0.683. The summed E-state index contributed by atoms with van der Waals surface area (Å²) in [6.45, 7) is 9.04. The number of ether oxygens (including phenoxy) is 1. The van der Waals surface area contributed by atoms with Crippen LogP contribution in [0.5, 0.6) is 0 Å². The van der Waals surface area contributed by atoms with Gasteiger partial charge in [0.2, 0.25) is 17.7 Å². The molecule has 2 aliphatic heterocycles. The van der Waals surface area contributed by atoms with Crippen LogP contribution in [0.1, 0.15) is 58.4 Å². The van der Waals surface area contributed by atoms with Gasteiger partial charge in [-0.05, 0) is 47.6 Å². The van der Waals surface area contributed by atoms with E-state index >= 15 is 0 Å². The molecule has 1 aromatic carbocycles. The number of para-hydroxylation sites is 1. The lowest BCUT2D eigenvalue weighted by Crippen LogP contribution is -2.52. The first kappa shape index (κ1) is 28.0. The Bertz CT molecular complexity index is 1090. The predicted octanol–water partition coefficient (Wildman–Crippen LogP) is 2.75. The maximum Gasteiger partial charge on any atom is 0.404 e. The number of anilines is 1. The highest BCUT2D eigenvalue weighted by molar-refractivity contribution is 6.03. The molecule has 2 fully saturated rings. The number of carbonyl (C=O) groups excluding carboxylic acids is 4. The van der Waals surface area contributed by atoms with Gasteiger partial charge in [0.1, 0.15) is 12.1 Å². The molecule has 4 rings (SSSR count). The molecule has 10 heteroatoms. The number of hydrogen-bond donors (Lipinski definition) is 3. The molecule has 0 spiro atoms. The number of rotatable bonds is 7. The van der Waals surface area contributed by atoms with E-state index < -0.39 is 24.1 Å². The summed E-state index contributed by atoms with van der Waals surface area (Å²) >= 11 is 0. The summed E-state index contributed by atoms with van der Waals surface area (Å²) in [4.78, 5) is 49.8. The van der Waals surface area contributed by atoms with Crippen molar-refractivity contribution < 1.29 is 23.9 Å². The van der Waals surface area contributed by atoms with E-state index in [1.165, 1.54) is 7.11 Å². The second-order valence-electron chi connectivity index (χ2n) is 11.0. The topological polar surface area (TPSA) is 155 Å². The molecule has 1 saturated carbocycles. The van der Waals surface area contributed by atoms with Gasteiger partial charge in [0.05, 0.1) is 19.1 Å². The number of nitrogens with one attached hydrogen (secondary N) is 2. The summed E-state index contributed by atoms with van der Waals surface area (Å²) in [5.41, 5.74) is 6.05. The van der Waals surface area contributed by atoms with Crippen LogP contribution in [0.2, 0.25) is 0 Å². The minimum atomic E-state index is -0.807. The molecule has 1 aromatic rings. The second kappa shape index (κ2) is 11.2. The van der Waals surface area contributed by atoms with Gasteiger partial charge < -0.3 is 26.0 Å². The van der Waals surface area contributed by atoms with Crippen molar-refractivity contribution in [3.05, 3.63) is 29.8 Å². The number of amides is 4. The Balaban J connectivity index is 0.000000695. The third kappa shape index (κ3) is 6.04. The van der Waals surface area contributed by atoms with Gasteiger partial charge in [0.15, 0.2) is 0 Å². The molecule has 1 saturated heterocycles. The fourth-order valence-corrected chi connectivity index (χ4v) is 5.55. The lowest BCUT2D eigenvalue weighted by molar-refractivity contribution is -0.140. The summed E-state index contributed by atoms with van der Waals surface area (Å²) < 4.78 is 3.89. The third-order valence-corrected chi connectivity index (χ3v) is 7.79.